The van der Waals surface area contributed by atoms with Crippen LogP contribution in [0.4, 0.5) is 5.82 Å². The summed E-state index contributed by atoms with van der Waals surface area (Å²) in [6.45, 7) is 0.595. The third-order valence-corrected chi connectivity index (χ3v) is 2.44. The maximum absolute atomic E-state index is 5.81. The molecule has 0 saturated heterocycles. The fraction of sp³-hybridized carbons (Fsp3) is 0.111. The molecule has 0 aliphatic carbocycles. The van der Waals surface area contributed by atoms with Gasteiger partial charge in [-0.15, -0.1) is 0 Å². The molecule has 0 unspecified atom stereocenters. The van der Waals surface area contributed by atoms with E-state index in [1.54, 1.807) is 18.7 Å². The highest BCUT2D eigenvalue weighted by molar-refractivity contribution is 6.28. The van der Waals surface area contributed by atoms with Crippen molar-refractivity contribution in [2.75, 3.05) is 5.32 Å². The lowest BCUT2D eigenvalue weighted by atomic mass is 10.3. The normalized spacial score (nSPS) is 10.9. The molecule has 3 N–H and O–H groups in total. The molecule has 0 aliphatic rings. The van der Waals surface area contributed by atoms with Crippen LogP contribution in [0.2, 0.25) is 5.28 Å². The van der Waals surface area contributed by atoms with Gasteiger partial charge in [-0.1, -0.05) is 0 Å². The highest BCUT2D eigenvalue weighted by Crippen LogP contribution is 2.18. The van der Waals surface area contributed by atoms with E-state index in [1.165, 1.54) is 0 Å². The summed E-state index contributed by atoms with van der Waals surface area (Å²) in [7, 11) is 0. The largest absolute Gasteiger partial charge is 0.364 e. The molecule has 0 bridgehead atoms. The van der Waals surface area contributed by atoms with Crippen LogP contribution in [-0.2, 0) is 6.54 Å². The summed E-state index contributed by atoms with van der Waals surface area (Å²) in [5.41, 5.74) is 2.30. The van der Waals surface area contributed by atoms with Gasteiger partial charge in [0.2, 0.25) is 5.28 Å². The standard InChI is InChI=1S/C9H8ClN7/c10-9-16-7(6-8(17-9)13-4-12-6)11-1-5-2-14-15-3-5/h2-4H,1H2,(H,14,15)(H2,11,12,13,16,17). The smallest absolute Gasteiger partial charge is 0.226 e. The maximum atomic E-state index is 5.81. The zero-order valence-electron chi connectivity index (χ0n) is 8.61. The fourth-order valence-corrected chi connectivity index (χ4v) is 1.66. The zero-order chi connectivity index (χ0) is 11.7. The highest BCUT2D eigenvalue weighted by atomic mass is 35.5. The number of nitrogens with zero attached hydrogens (tertiary/aromatic N) is 4. The summed E-state index contributed by atoms with van der Waals surface area (Å²) in [4.78, 5) is 15.1. The molecular weight excluding hydrogens is 242 g/mol. The van der Waals surface area contributed by atoms with Gasteiger partial charge in [-0.2, -0.15) is 15.1 Å². The van der Waals surface area contributed by atoms with Crippen LogP contribution >= 0.6 is 11.6 Å². The quantitative estimate of drug-likeness (QED) is 0.609. The van der Waals surface area contributed by atoms with E-state index in [2.05, 4.69) is 35.5 Å². The van der Waals surface area contributed by atoms with Gasteiger partial charge in [-0.25, -0.2) is 4.98 Å². The molecule has 17 heavy (non-hydrogen) atoms. The number of H-pyrrole nitrogens is 2. The molecule has 0 spiro atoms. The number of rotatable bonds is 3. The first-order valence-corrected chi connectivity index (χ1v) is 5.29. The van der Waals surface area contributed by atoms with Crippen molar-refractivity contribution in [3.63, 3.8) is 0 Å². The maximum Gasteiger partial charge on any atom is 0.226 e. The van der Waals surface area contributed by atoms with Crippen molar-refractivity contribution in [2.24, 2.45) is 0 Å². The Morgan fingerprint density at radius 2 is 2.29 bits per heavy atom. The van der Waals surface area contributed by atoms with E-state index >= 15 is 0 Å². The number of halogens is 1. The SMILES string of the molecule is Clc1nc(NCc2cn[nH]c2)c2[nH]cnc2n1. The second-order valence-electron chi connectivity index (χ2n) is 3.40. The Morgan fingerprint density at radius 1 is 1.35 bits per heavy atom. The van der Waals surface area contributed by atoms with E-state index in [0.29, 0.717) is 18.0 Å². The average molecular weight is 250 g/mol. The predicted molar refractivity (Wildman–Crippen MR) is 62.6 cm³/mol. The van der Waals surface area contributed by atoms with Crippen molar-refractivity contribution >= 4 is 28.6 Å². The first-order chi connectivity index (χ1) is 8.33. The Labute approximate surface area is 101 Å². The van der Waals surface area contributed by atoms with Gasteiger partial charge in [0.05, 0.1) is 12.5 Å². The summed E-state index contributed by atoms with van der Waals surface area (Å²) < 4.78 is 0. The summed E-state index contributed by atoms with van der Waals surface area (Å²) in [5, 5.41) is 9.92. The number of imidazole rings is 1. The van der Waals surface area contributed by atoms with Gasteiger partial charge < -0.3 is 10.3 Å². The average Bonchev–Trinajstić information content (AvgIpc) is 2.95. The molecule has 3 aromatic rings. The van der Waals surface area contributed by atoms with Crippen molar-refractivity contribution in [3.8, 4) is 0 Å². The molecular formula is C9H8ClN7. The van der Waals surface area contributed by atoms with Crippen LogP contribution in [0.3, 0.4) is 0 Å². The number of aromatic amines is 2. The molecule has 7 nitrogen and oxygen atoms in total. The lowest BCUT2D eigenvalue weighted by Gasteiger charge is -2.04. The van der Waals surface area contributed by atoms with Crippen LogP contribution in [0, 0.1) is 0 Å². The molecule has 0 aromatic carbocycles. The molecule has 0 fully saturated rings. The van der Waals surface area contributed by atoms with Gasteiger partial charge in [0.25, 0.3) is 0 Å². The molecule has 3 rings (SSSR count). The second-order valence-corrected chi connectivity index (χ2v) is 3.74. The van der Waals surface area contributed by atoms with E-state index in [4.69, 9.17) is 11.6 Å². The molecule has 8 heteroatoms. The van der Waals surface area contributed by atoms with Gasteiger partial charge in [-0.05, 0) is 11.6 Å². The Balaban J connectivity index is 1.91. The summed E-state index contributed by atoms with van der Waals surface area (Å²) in [6, 6.07) is 0. The number of anilines is 1. The Bertz CT molecular complexity index is 630. The van der Waals surface area contributed by atoms with E-state index < -0.39 is 0 Å². The zero-order valence-corrected chi connectivity index (χ0v) is 9.36. The fourth-order valence-electron chi connectivity index (χ4n) is 1.49. The molecule has 0 atom stereocenters. The van der Waals surface area contributed by atoms with Crippen molar-refractivity contribution in [2.45, 2.75) is 6.54 Å². The van der Waals surface area contributed by atoms with Crippen LogP contribution < -0.4 is 5.32 Å². The highest BCUT2D eigenvalue weighted by Gasteiger charge is 2.08. The van der Waals surface area contributed by atoms with Crippen LogP contribution in [-0.4, -0.2) is 30.1 Å². The predicted octanol–water partition coefficient (Wildman–Crippen LogP) is 1.34. The van der Waals surface area contributed by atoms with E-state index in [9.17, 15) is 0 Å². The lowest BCUT2D eigenvalue weighted by Crippen LogP contribution is -2.02. The summed E-state index contributed by atoms with van der Waals surface area (Å²) in [5.74, 6) is 0.624. The molecule has 86 valence electrons. The summed E-state index contributed by atoms with van der Waals surface area (Å²) >= 11 is 5.81. The summed E-state index contributed by atoms with van der Waals surface area (Å²) in [6.07, 6.45) is 5.10. The Kier molecular flexibility index (Phi) is 2.37. The molecule has 3 heterocycles. The van der Waals surface area contributed by atoms with Gasteiger partial charge in [-0.3, -0.25) is 5.10 Å². The van der Waals surface area contributed by atoms with E-state index in [0.717, 1.165) is 11.1 Å². The van der Waals surface area contributed by atoms with Crippen molar-refractivity contribution < 1.29 is 0 Å². The van der Waals surface area contributed by atoms with Crippen LogP contribution in [0.5, 0.6) is 0 Å². The second kappa shape index (κ2) is 4.02. The number of hydrogen-bond acceptors (Lipinski definition) is 5. The van der Waals surface area contributed by atoms with E-state index in [1.807, 2.05) is 0 Å². The van der Waals surface area contributed by atoms with Crippen LogP contribution in [0.25, 0.3) is 11.2 Å². The first kappa shape index (κ1) is 10.0. The minimum absolute atomic E-state index is 0.166. The first-order valence-electron chi connectivity index (χ1n) is 4.91. The van der Waals surface area contributed by atoms with Crippen LogP contribution in [0.15, 0.2) is 18.7 Å². The third kappa shape index (κ3) is 1.92. The van der Waals surface area contributed by atoms with Gasteiger partial charge in [0, 0.05) is 18.3 Å². The van der Waals surface area contributed by atoms with E-state index in [-0.39, 0.29) is 5.28 Å². The van der Waals surface area contributed by atoms with Crippen LogP contribution in [0.1, 0.15) is 5.56 Å². The van der Waals surface area contributed by atoms with Gasteiger partial charge in [0.15, 0.2) is 11.5 Å². The van der Waals surface area contributed by atoms with Crippen molar-refractivity contribution in [1.29, 1.82) is 0 Å². The molecule has 0 amide bonds. The minimum atomic E-state index is 0.166. The molecule has 0 aliphatic heterocycles. The number of nitrogens with one attached hydrogen (secondary N) is 3. The number of hydrogen-bond donors (Lipinski definition) is 3. The Hall–Kier alpha value is -2.15. The Morgan fingerprint density at radius 3 is 3.12 bits per heavy atom. The topological polar surface area (TPSA) is 95.2 Å². The molecule has 0 radical (unpaired) electrons. The number of aromatic nitrogens is 6. The minimum Gasteiger partial charge on any atom is -0.364 e. The van der Waals surface area contributed by atoms with Crippen molar-refractivity contribution in [1.82, 2.24) is 30.1 Å². The van der Waals surface area contributed by atoms with Crippen molar-refractivity contribution in [3.05, 3.63) is 29.6 Å². The monoisotopic (exact) mass is 249 g/mol. The van der Waals surface area contributed by atoms with Gasteiger partial charge in [0.1, 0.15) is 5.52 Å². The third-order valence-electron chi connectivity index (χ3n) is 2.27. The molecule has 3 aromatic heterocycles. The molecule has 0 saturated carbocycles. The van der Waals surface area contributed by atoms with Gasteiger partial charge >= 0.3 is 0 Å². The lowest BCUT2D eigenvalue weighted by molar-refractivity contribution is 1.09. The number of fused-ring (bicyclic) bond motifs is 1.